The van der Waals surface area contributed by atoms with Crippen LogP contribution in [0.25, 0.3) is 0 Å². The van der Waals surface area contributed by atoms with Gasteiger partial charge in [-0.05, 0) is 20.4 Å². The normalized spacial score (nSPS) is 12.9. The molecule has 78 valence electrons. The molecular formula is C11H19N3. The fraction of sp³-hybridized carbons (Fsp3) is 0.545. The van der Waals surface area contributed by atoms with E-state index < -0.39 is 0 Å². The van der Waals surface area contributed by atoms with Crippen LogP contribution in [0.4, 0.5) is 0 Å². The second kappa shape index (κ2) is 4.42. The van der Waals surface area contributed by atoms with Crippen LogP contribution in [0.1, 0.15) is 31.1 Å². The molecule has 0 aliphatic carbocycles. The number of aromatic nitrogens is 2. The quantitative estimate of drug-likeness (QED) is 0.741. The zero-order chi connectivity index (χ0) is 10.7. The molecule has 0 aromatic carbocycles. The van der Waals surface area contributed by atoms with E-state index in [1.54, 1.807) is 0 Å². The molecule has 0 saturated carbocycles. The third kappa shape index (κ3) is 2.04. The zero-order valence-electron chi connectivity index (χ0n) is 9.46. The molecule has 0 fully saturated rings. The van der Waals surface area contributed by atoms with Gasteiger partial charge in [0.1, 0.15) is 0 Å². The highest BCUT2D eigenvalue weighted by Gasteiger charge is 2.15. The minimum atomic E-state index is 0.230. The summed E-state index contributed by atoms with van der Waals surface area (Å²) < 4.78 is 1.89. The Morgan fingerprint density at radius 1 is 1.71 bits per heavy atom. The van der Waals surface area contributed by atoms with Crippen molar-refractivity contribution in [1.82, 2.24) is 15.1 Å². The first-order valence-electron chi connectivity index (χ1n) is 4.95. The first-order valence-corrected chi connectivity index (χ1v) is 4.95. The minimum absolute atomic E-state index is 0.230. The summed E-state index contributed by atoms with van der Waals surface area (Å²) >= 11 is 0. The highest BCUT2D eigenvalue weighted by atomic mass is 15.3. The fourth-order valence-electron chi connectivity index (χ4n) is 1.55. The number of nitrogens with zero attached hydrogens (tertiary/aromatic N) is 2. The maximum absolute atomic E-state index is 4.24. The Morgan fingerprint density at radius 2 is 2.36 bits per heavy atom. The van der Waals surface area contributed by atoms with Crippen LogP contribution in [0.15, 0.2) is 18.3 Å². The first-order chi connectivity index (χ1) is 6.57. The molecule has 3 nitrogen and oxygen atoms in total. The number of rotatable bonds is 4. The standard InChI is InChI=1S/C11H19N3/c1-6-12-11(8(2)3)10-7-13-14(5)9(10)4/h7,11-12H,2,6H2,1,3-5H3. The lowest BCUT2D eigenvalue weighted by molar-refractivity contribution is 0.616. The molecule has 0 saturated heterocycles. The molecule has 1 aromatic heterocycles. The van der Waals surface area contributed by atoms with Crippen molar-refractivity contribution < 1.29 is 0 Å². The number of aryl methyl sites for hydroxylation is 1. The van der Waals surface area contributed by atoms with Crippen molar-refractivity contribution in [3.8, 4) is 0 Å². The van der Waals surface area contributed by atoms with Crippen molar-refractivity contribution in [2.24, 2.45) is 7.05 Å². The summed E-state index contributed by atoms with van der Waals surface area (Å²) in [5.41, 5.74) is 3.55. The van der Waals surface area contributed by atoms with Crippen LogP contribution >= 0.6 is 0 Å². The summed E-state index contributed by atoms with van der Waals surface area (Å²) in [7, 11) is 1.96. The van der Waals surface area contributed by atoms with Crippen LogP contribution in [-0.2, 0) is 7.05 Å². The summed E-state index contributed by atoms with van der Waals surface area (Å²) in [5, 5.41) is 7.64. The SMILES string of the molecule is C=C(C)C(NCC)c1cnn(C)c1C. The average molecular weight is 193 g/mol. The molecule has 14 heavy (non-hydrogen) atoms. The van der Waals surface area contributed by atoms with E-state index in [0.29, 0.717) is 0 Å². The maximum Gasteiger partial charge on any atom is 0.0564 e. The van der Waals surface area contributed by atoms with Gasteiger partial charge >= 0.3 is 0 Å². The van der Waals surface area contributed by atoms with Crippen molar-refractivity contribution in [2.75, 3.05) is 6.54 Å². The molecular weight excluding hydrogens is 174 g/mol. The Bertz CT molecular complexity index is 325. The van der Waals surface area contributed by atoms with Gasteiger partial charge in [-0.25, -0.2) is 0 Å². The highest BCUT2D eigenvalue weighted by Crippen LogP contribution is 2.22. The van der Waals surface area contributed by atoms with Crippen LogP contribution in [0.5, 0.6) is 0 Å². The molecule has 0 radical (unpaired) electrons. The van der Waals surface area contributed by atoms with Crippen LogP contribution in [0, 0.1) is 6.92 Å². The third-order valence-electron chi connectivity index (χ3n) is 2.49. The second-order valence-electron chi connectivity index (χ2n) is 3.65. The van der Waals surface area contributed by atoms with Crippen LogP contribution in [0.2, 0.25) is 0 Å². The van der Waals surface area contributed by atoms with Crippen LogP contribution in [-0.4, -0.2) is 16.3 Å². The van der Waals surface area contributed by atoms with Gasteiger partial charge < -0.3 is 5.32 Å². The molecule has 1 atom stereocenters. The lowest BCUT2D eigenvalue weighted by Gasteiger charge is -2.17. The van der Waals surface area contributed by atoms with Gasteiger partial charge in [-0.2, -0.15) is 5.10 Å². The van der Waals surface area contributed by atoms with Gasteiger partial charge in [0.25, 0.3) is 0 Å². The van der Waals surface area contributed by atoms with Crippen molar-refractivity contribution in [3.63, 3.8) is 0 Å². The van der Waals surface area contributed by atoms with Gasteiger partial charge in [0, 0.05) is 18.3 Å². The van der Waals surface area contributed by atoms with Gasteiger partial charge in [-0.15, -0.1) is 0 Å². The van der Waals surface area contributed by atoms with Gasteiger partial charge in [0.2, 0.25) is 0 Å². The van der Waals surface area contributed by atoms with Crippen molar-refractivity contribution >= 4 is 0 Å². The molecule has 1 rings (SSSR count). The molecule has 0 spiro atoms. The number of hydrogen-bond acceptors (Lipinski definition) is 2. The summed E-state index contributed by atoms with van der Waals surface area (Å²) in [4.78, 5) is 0. The lowest BCUT2D eigenvalue weighted by Crippen LogP contribution is -2.22. The van der Waals surface area contributed by atoms with Crippen LogP contribution < -0.4 is 5.32 Å². The highest BCUT2D eigenvalue weighted by molar-refractivity contribution is 5.27. The van der Waals surface area contributed by atoms with Gasteiger partial charge in [0.05, 0.1) is 12.2 Å². The summed E-state index contributed by atoms with van der Waals surface area (Å²) in [6.07, 6.45) is 1.91. The molecule has 0 aliphatic heterocycles. The van der Waals surface area contributed by atoms with E-state index in [1.807, 2.05) is 24.9 Å². The Balaban J connectivity index is 2.99. The monoisotopic (exact) mass is 193 g/mol. The van der Waals surface area contributed by atoms with Gasteiger partial charge in [0.15, 0.2) is 0 Å². The van der Waals surface area contributed by atoms with Gasteiger partial charge in [-0.3, -0.25) is 4.68 Å². The van der Waals surface area contributed by atoms with E-state index in [-0.39, 0.29) is 6.04 Å². The summed E-state index contributed by atoms with van der Waals surface area (Å²) in [6, 6.07) is 0.230. The molecule has 1 heterocycles. The Labute approximate surface area is 85.8 Å². The van der Waals surface area contributed by atoms with E-state index in [4.69, 9.17) is 0 Å². The molecule has 1 N–H and O–H groups in total. The van der Waals surface area contributed by atoms with Crippen molar-refractivity contribution in [1.29, 1.82) is 0 Å². The minimum Gasteiger partial charge on any atom is -0.307 e. The van der Waals surface area contributed by atoms with E-state index >= 15 is 0 Å². The third-order valence-corrected chi connectivity index (χ3v) is 2.49. The zero-order valence-corrected chi connectivity index (χ0v) is 9.46. The predicted molar refractivity (Wildman–Crippen MR) is 59.2 cm³/mol. The summed E-state index contributed by atoms with van der Waals surface area (Å²) in [5.74, 6) is 0. The second-order valence-corrected chi connectivity index (χ2v) is 3.65. The Morgan fingerprint density at radius 3 is 2.71 bits per heavy atom. The molecule has 1 aromatic rings. The van der Waals surface area contributed by atoms with Crippen LogP contribution in [0.3, 0.4) is 0 Å². The predicted octanol–water partition coefficient (Wildman–Crippen LogP) is 1.96. The molecule has 0 bridgehead atoms. The Kier molecular flexibility index (Phi) is 3.47. The average Bonchev–Trinajstić information content (AvgIpc) is 2.44. The first kappa shape index (κ1) is 11.0. The summed E-state index contributed by atoms with van der Waals surface area (Å²) in [6.45, 7) is 11.2. The van der Waals surface area contributed by atoms with E-state index in [0.717, 1.165) is 12.1 Å². The molecule has 0 aliphatic rings. The van der Waals surface area contributed by atoms with E-state index in [9.17, 15) is 0 Å². The number of likely N-dealkylation sites (N-methyl/N-ethyl adjacent to an activating group) is 1. The molecule has 0 amide bonds. The topological polar surface area (TPSA) is 29.9 Å². The molecule has 3 heteroatoms. The van der Waals surface area contributed by atoms with E-state index in [1.165, 1.54) is 11.3 Å². The molecule has 1 unspecified atom stereocenters. The lowest BCUT2D eigenvalue weighted by atomic mass is 10.0. The number of hydrogen-bond donors (Lipinski definition) is 1. The number of nitrogens with one attached hydrogen (secondary N) is 1. The van der Waals surface area contributed by atoms with Crippen molar-refractivity contribution in [2.45, 2.75) is 26.8 Å². The van der Waals surface area contributed by atoms with Crippen molar-refractivity contribution in [3.05, 3.63) is 29.6 Å². The van der Waals surface area contributed by atoms with Gasteiger partial charge in [-0.1, -0.05) is 19.1 Å². The Hall–Kier alpha value is -1.09. The smallest absolute Gasteiger partial charge is 0.0564 e. The maximum atomic E-state index is 4.24. The largest absolute Gasteiger partial charge is 0.307 e. The fourth-order valence-corrected chi connectivity index (χ4v) is 1.55. The van der Waals surface area contributed by atoms with E-state index in [2.05, 4.69) is 30.8 Å².